The molecule has 3 rings (SSSR count). The lowest BCUT2D eigenvalue weighted by Gasteiger charge is -2.39. The molecule has 0 bridgehead atoms. The summed E-state index contributed by atoms with van der Waals surface area (Å²) < 4.78 is 0.545. The van der Waals surface area contributed by atoms with Crippen LogP contribution in [-0.4, -0.2) is 11.0 Å². The molecule has 1 N–H and O–H groups in total. The van der Waals surface area contributed by atoms with Crippen molar-refractivity contribution in [2.45, 2.75) is 51.0 Å². The van der Waals surface area contributed by atoms with Crippen LogP contribution in [0.2, 0.25) is 0 Å². The normalized spacial score (nSPS) is 28.7. The first-order chi connectivity index (χ1) is 10.1. The number of benzene rings is 1. The summed E-state index contributed by atoms with van der Waals surface area (Å²) in [5.41, 5.74) is 1.10. The number of fused-ring (bicyclic) bond motifs is 1. The monoisotopic (exact) mass is 352 g/mol. The summed E-state index contributed by atoms with van der Waals surface area (Å²) in [7, 11) is 0. The second-order valence-corrected chi connectivity index (χ2v) is 7.24. The number of nitrogens with one attached hydrogen (secondary N) is 1. The van der Waals surface area contributed by atoms with Gasteiger partial charge in [-0.2, -0.15) is 0 Å². The Morgan fingerprint density at radius 2 is 1.90 bits per heavy atom. The van der Waals surface area contributed by atoms with Crippen molar-refractivity contribution in [3.8, 4) is 0 Å². The highest BCUT2D eigenvalue weighted by Crippen LogP contribution is 2.41. The Morgan fingerprint density at radius 3 is 2.62 bits per heavy atom. The molecule has 114 valence electrons. The van der Waals surface area contributed by atoms with Crippen molar-refractivity contribution in [3.63, 3.8) is 0 Å². The van der Waals surface area contributed by atoms with Gasteiger partial charge in [0.15, 0.2) is 0 Å². The number of anilines is 1. The zero-order chi connectivity index (χ0) is 14.8. The van der Waals surface area contributed by atoms with Crippen molar-refractivity contribution in [1.29, 1.82) is 0 Å². The van der Waals surface area contributed by atoms with Gasteiger partial charge in [0.05, 0.1) is 9.40 Å². The van der Waals surface area contributed by atoms with Crippen molar-refractivity contribution >= 4 is 27.3 Å². The lowest BCUT2D eigenvalue weighted by atomic mass is 9.69. The molecule has 2 aliphatic rings. The number of hydrogen-bond donors (Lipinski definition) is 1. The highest BCUT2D eigenvalue weighted by Gasteiger charge is 2.32. The Kier molecular flexibility index (Phi) is 4.48. The number of nitro groups is 1. The van der Waals surface area contributed by atoms with E-state index < -0.39 is 0 Å². The van der Waals surface area contributed by atoms with E-state index in [0.29, 0.717) is 10.5 Å². The van der Waals surface area contributed by atoms with E-state index in [-0.39, 0.29) is 10.6 Å². The largest absolute Gasteiger partial charge is 0.382 e. The molecule has 2 aliphatic carbocycles. The number of nitrogens with zero attached hydrogens (tertiary/aromatic N) is 1. The maximum absolute atomic E-state index is 10.8. The van der Waals surface area contributed by atoms with Crippen LogP contribution in [0.15, 0.2) is 22.7 Å². The van der Waals surface area contributed by atoms with Gasteiger partial charge in [-0.05, 0) is 59.2 Å². The molecule has 0 radical (unpaired) electrons. The van der Waals surface area contributed by atoms with Gasteiger partial charge >= 0.3 is 0 Å². The predicted octanol–water partition coefficient (Wildman–Crippen LogP) is 5.13. The molecule has 2 saturated carbocycles. The van der Waals surface area contributed by atoms with E-state index in [2.05, 4.69) is 21.2 Å². The van der Waals surface area contributed by atoms with E-state index in [4.69, 9.17) is 0 Å². The van der Waals surface area contributed by atoms with Crippen molar-refractivity contribution in [1.82, 2.24) is 0 Å². The van der Waals surface area contributed by atoms with E-state index in [0.717, 1.165) is 17.5 Å². The van der Waals surface area contributed by atoms with Crippen LogP contribution >= 0.6 is 15.9 Å². The maximum atomic E-state index is 10.8. The molecule has 3 atom stereocenters. The van der Waals surface area contributed by atoms with Gasteiger partial charge < -0.3 is 5.32 Å². The van der Waals surface area contributed by atoms with E-state index in [9.17, 15) is 10.1 Å². The van der Waals surface area contributed by atoms with Crippen LogP contribution < -0.4 is 5.32 Å². The van der Waals surface area contributed by atoms with Gasteiger partial charge in [0.1, 0.15) is 0 Å². The number of rotatable bonds is 3. The quantitative estimate of drug-likeness (QED) is 0.606. The summed E-state index contributed by atoms with van der Waals surface area (Å²) in [4.78, 5) is 10.5. The molecule has 3 unspecified atom stereocenters. The third-order valence-electron chi connectivity index (χ3n) is 5.05. The average Bonchev–Trinajstić information content (AvgIpc) is 2.47. The first kappa shape index (κ1) is 14.8. The topological polar surface area (TPSA) is 55.2 Å². The van der Waals surface area contributed by atoms with Crippen LogP contribution in [0.5, 0.6) is 0 Å². The molecule has 2 fully saturated rings. The molecule has 0 spiro atoms. The van der Waals surface area contributed by atoms with Crippen molar-refractivity contribution in [2.24, 2.45) is 11.8 Å². The van der Waals surface area contributed by atoms with E-state index in [1.54, 1.807) is 6.07 Å². The molecule has 0 aromatic heterocycles. The van der Waals surface area contributed by atoms with Crippen LogP contribution in [0.1, 0.15) is 44.9 Å². The Bertz CT molecular complexity index is 535. The Morgan fingerprint density at radius 1 is 1.14 bits per heavy atom. The Hall–Kier alpha value is -1.10. The second-order valence-electron chi connectivity index (χ2n) is 6.38. The third-order valence-corrected chi connectivity index (χ3v) is 5.69. The van der Waals surface area contributed by atoms with Gasteiger partial charge in [-0.3, -0.25) is 10.1 Å². The average molecular weight is 353 g/mol. The standard InChI is InChI=1S/C16H21BrN2O2/c17-15-10-14(7-8-16(15)19(20)21)18-13-6-5-11-3-1-2-4-12(11)9-13/h7-8,10-13,18H,1-6,9H2. The van der Waals surface area contributed by atoms with E-state index in [1.807, 2.05) is 12.1 Å². The summed E-state index contributed by atoms with van der Waals surface area (Å²) >= 11 is 3.29. The summed E-state index contributed by atoms with van der Waals surface area (Å²) in [6.45, 7) is 0. The van der Waals surface area contributed by atoms with Gasteiger partial charge in [-0.15, -0.1) is 0 Å². The van der Waals surface area contributed by atoms with Crippen LogP contribution in [0.3, 0.4) is 0 Å². The molecule has 0 saturated heterocycles. The summed E-state index contributed by atoms with van der Waals surface area (Å²) in [6.07, 6.45) is 9.39. The fourth-order valence-electron chi connectivity index (χ4n) is 3.98. The zero-order valence-corrected chi connectivity index (χ0v) is 13.6. The van der Waals surface area contributed by atoms with E-state index in [1.165, 1.54) is 44.9 Å². The minimum Gasteiger partial charge on any atom is -0.382 e. The Labute approximate surface area is 133 Å². The van der Waals surface area contributed by atoms with Crippen molar-refractivity contribution in [2.75, 3.05) is 5.32 Å². The van der Waals surface area contributed by atoms with Gasteiger partial charge in [-0.1, -0.05) is 25.7 Å². The highest BCUT2D eigenvalue weighted by atomic mass is 79.9. The number of nitro benzene ring substituents is 1. The Balaban J connectivity index is 1.64. The SMILES string of the molecule is O=[N+]([O-])c1ccc(NC2CCC3CCCCC3C2)cc1Br. The third kappa shape index (κ3) is 3.39. The molecule has 4 nitrogen and oxygen atoms in total. The first-order valence-electron chi connectivity index (χ1n) is 7.84. The summed E-state index contributed by atoms with van der Waals surface area (Å²) in [5, 5.41) is 14.4. The minimum absolute atomic E-state index is 0.122. The van der Waals surface area contributed by atoms with E-state index >= 15 is 0 Å². The van der Waals surface area contributed by atoms with Crippen LogP contribution in [-0.2, 0) is 0 Å². The maximum Gasteiger partial charge on any atom is 0.283 e. The van der Waals surface area contributed by atoms with Crippen LogP contribution in [0.4, 0.5) is 11.4 Å². The molecule has 5 heteroatoms. The molecule has 0 heterocycles. The van der Waals surface area contributed by atoms with Crippen molar-refractivity contribution < 1.29 is 4.92 Å². The van der Waals surface area contributed by atoms with Gasteiger partial charge in [0.25, 0.3) is 5.69 Å². The molecule has 1 aromatic carbocycles. The van der Waals surface area contributed by atoms with Gasteiger partial charge in [0.2, 0.25) is 0 Å². The summed E-state index contributed by atoms with van der Waals surface area (Å²) in [5.74, 6) is 1.83. The fourth-order valence-corrected chi connectivity index (χ4v) is 4.51. The summed E-state index contributed by atoms with van der Waals surface area (Å²) in [6, 6.07) is 5.72. The zero-order valence-electron chi connectivity index (χ0n) is 12.1. The lowest BCUT2D eigenvalue weighted by molar-refractivity contribution is -0.385. The molecule has 0 aliphatic heterocycles. The smallest absolute Gasteiger partial charge is 0.283 e. The highest BCUT2D eigenvalue weighted by molar-refractivity contribution is 9.10. The molecule has 21 heavy (non-hydrogen) atoms. The van der Waals surface area contributed by atoms with Gasteiger partial charge in [-0.25, -0.2) is 0 Å². The van der Waals surface area contributed by atoms with Crippen LogP contribution in [0, 0.1) is 22.0 Å². The first-order valence-corrected chi connectivity index (χ1v) is 8.63. The second kappa shape index (κ2) is 6.34. The molecular weight excluding hydrogens is 332 g/mol. The predicted molar refractivity (Wildman–Crippen MR) is 87.5 cm³/mol. The molecule has 1 aromatic rings. The molecule has 0 amide bonds. The lowest BCUT2D eigenvalue weighted by Crippen LogP contribution is -2.34. The van der Waals surface area contributed by atoms with Gasteiger partial charge in [0, 0.05) is 17.8 Å². The number of halogens is 1. The van der Waals surface area contributed by atoms with Crippen LogP contribution in [0.25, 0.3) is 0 Å². The van der Waals surface area contributed by atoms with Crippen molar-refractivity contribution in [3.05, 3.63) is 32.8 Å². The molecular formula is C16H21BrN2O2. The number of hydrogen-bond acceptors (Lipinski definition) is 3. The minimum atomic E-state index is -0.360. The fraction of sp³-hybridized carbons (Fsp3) is 0.625.